The van der Waals surface area contributed by atoms with Crippen LogP contribution in [0.25, 0.3) is 0 Å². The van der Waals surface area contributed by atoms with Gasteiger partial charge in [0.2, 0.25) is 5.91 Å². The Morgan fingerprint density at radius 2 is 2.06 bits per heavy atom. The third-order valence-electron chi connectivity index (χ3n) is 3.60. The smallest absolute Gasteiger partial charge is 0.237 e. The quantitative estimate of drug-likeness (QED) is 0.785. The molecule has 0 aliphatic carbocycles. The molecular weight excluding hydrogens is 228 g/mol. The van der Waals surface area contributed by atoms with Crippen molar-refractivity contribution in [3.8, 4) is 0 Å². The fraction of sp³-hybridized carbons (Fsp3) is 0.929. The van der Waals surface area contributed by atoms with Crippen molar-refractivity contribution in [2.24, 2.45) is 0 Å². The second-order valence-corrected chi connectivity index (χ2v) is 5.12. The van der Waals surface area contributed by atoms with Gasteiger partial charge in [0.25, 0.3) is 0 Å². The zero-order valence-corrected chi connectivity index (χ0v) is 12.9. The number of hydrogen-bond acceptors (Lipinski definition) is 3. The number of nitrogens with zero attached hydrogens (tertiary/aromatic N) is 1. The first-order chi connectivity index (χ1) is 8.49. The van der Waals surface area contributed by atoms with Crippen LogP contribution in [0.15, 0.2) is 0 Å². The molecule has 1 saturated heterocycles. The lowest BCUT2D eigenvalue weighted by atomic mass is 9.86. The average molecular weight is 258 g/mol. The van der Waals surface area contributed by atoms with Crippen molar-refractivity contribution in [2.75, 3.05) is 27.3 Å². The van der Waals surface area contributed by atoms with Crippen LogP contribution in [-0.2, 0) is 9.53 Å². The molecule has 4 heteroatoms. The largest absolute Gasteiger partial charge is 0.383 e. The molecule has 0 spiro atoms. The Kier molecular flexibility index (Phi) is 8.20. The summed E-state index contributed by atoms with van der Waals surface area (Å²) >= 11 is 0. The van der Waals surface area contributed by atoms with Gasteiger partial charge in [-0.1, -0.05) is 13.8 Å². The predicted molar refractivity (Wildman–Crippen MR) is 75.7 cm³/mol. The van der Waals surface area contributed by atoms with Crippen LogP contribution in [0.5, 0.6) is 0 Å². The Morgan fingerprint density at radius 1 is 1.44 bits per heavy atom. The molecule has 4 nitrogen and oxygen atoms in total. The molecule has 1 N–H and O–H groups in total. The summed E-state index contributed by atoms with van der Waals surface area (Å²) in [5.41, 5.74) is 0.127. The second-order valence-electron chi connectivity index (χ2n) is 5.12. The molecule has 1 rings (SSSR count). The summed E-state index contributed by atoms with van der Waals surface area (Å²) in [5, 5.41) is 2.92. The van der Waals surface area contributed by atoms with Crippen molar-refractivity contribution in [2.45, 2.75) is 58.5 Å². The summed E-state index contributed by atoms with van der Waals surface area (Å²) in [6, 6.07) is 0.0145. The Morgan fingerprint density at radius 3 is 2.61 bits per heavy atom. The summed E-state index contributed by atoms with van der Waals surface area (Å²) in [5.74, 6) is 0.132. The fourth-order valence-electron chi connectivity index (χ4n) is 2.22. The summed E-state index contributed by atoms with van der Waals surface area (Å²) in [6.45, 7) is 9.56. The number of methoxy groups -OCH3 is 1. The van der Waals surface area contributed by atoms with E-state index < -0.39 is 0 Å². The van der Waals surface area contributed by atoms with Crippen LogP contribution in [0, 0.1) is 0 Å². The summed E-state index contributed by atoms with van der Waals surface area (Å²) in [4.78, 5) is 14.2. The molecule has 0 aromatic rings. The van der Waals surface area contributed by atoms with E-state index in [-0.39, 0.29) is 17.5 Å². The van der Waals surface area contributed by atoms with Crippen LogP contribution in [-0.4, -0.2) is 49.7 Å². The molecule has 1 aliphatic heterocycles. The van der Waals surface area contributed by atoms with Crippen LogP contribution in [0.4, 0.5) is 0 Å². The highest BCUT2D eigenvalue weighted by Crippen LogP contribution is 2.29. The van der Waals surface area contributed by atoms with Crippen LogP contribution in [0.2, 0.25) is 0 Å². The molecular formula is C14H30N2O2. The van der Waals surface area contributed by atoms with E-state index in [0.717, 1.165) is 19.3 Å². The van der Waals surface area contributed by atoms with E-state index in [1.807, 2.05) is 20.9 Å². The fourth-order valence-corrected chi connectivity index (χ4v) is 2.22. The number of likely N-dealkylation sites (tertiary alicyclic amines) is 1. The second kappa shape index (κ2) is 8.48. The highest BCUT2D eigenvalue weighted by Gasteiger charge is 2.36. The molecule has 1 amide bonds. The molecule has 18 heavy (non-hydrogen) atoms. The number of rotatable bonds is 4. The van der Waals surface area contributed by atoms with E-state index in [0.29, 0.717) is 13.2 Å². The van der Waals surface area contributed by atoms with Gasteiger partial charge >= 0.3 is 0 Å². The van der Waals surface area contributed by atoms with E-state index in [2.05, 4.69) is 24.1 Å². The normalized spacial score (nSPS) is 22.9. The number of likely N-dealkylation sites (N-methyl/N-ethyl adjacent to an activating group) is 1. The number of hydrogen-bond donors (Lipinski definition) is 1. The maximum absolute atomic E-state index is 12.0. The molecule has 1 heterocycles. The Bertz CT molecular complexity index is 242. The van der Waals surface area contributed by atoms with Crippen LogP contribution in [0.1, 0.15) is 47.0 Å². The van der Waals surface area contributed by atoms with Gasteiger partial charge in [-0.25, -0.2) is 0 Å². The Balaban J connectivity index is 0.00000137. The number of nitrogens with one attached hydrogen (secondary N) is 1. The lowest BCUT2D eigenvalue weighted by Gasteiger charge is -2.44. The molecule has 0 radical (unpaired) electrons. The highest BCUT2D eigenvalue weighted by molar-refractivity contribution is 5.81. The molecule has 1 atom stereocenters. The zero-order chi connectivity index (χ0) is 14.2. The Labute approximate surface area is 112 Å². The maximum Gasteiger partial charge on any atom is 0.237 e. The number of carbonyl (C=O) groups excluding carboxylic acids is 1. The third-order valence-corrected chi connectivity index (χ3v) is 3.60. The summed E-state index contributed by atoms with van der Waals surface area (Å²) in [6.07, 6.45) is 3.24. The van der Waals surface area contributed by atoms with Crippen molar-refractivity contribution >= 4 is 5.91 Å². The number of amides is 1. The molecule has 108 valence electrons. The molecule has 1 aliphatic rings. The van der Waals surface area contributed by atoms with Gasteiger partial charge < -0.3 is 10.1 Å². The average Bonchev–Trinajstić information content (AvgIpc) is 2.35. The molecule has 0 aromatic heterocycles. The minimum atomic E-state index is 0.0145. The van der Waals surface area contributed by atoms with Crippen LogP contribution >= 0.6 is 0 Å². The first-order valence-electron chi connectivity index (χ1n) is 6.98. The minimum absolute atomic E-state index is 0.0145. The summed E-state index contributed by atoms with van der Waals surface area (Å²) < 4.78 is 4.92. The van der Waals surface area contributed by atoms with E-state index in [4.69, 9.17) is 4.74 Å². The number of piperidine rings is 1. The molecule has 1 unspecified atom stereocenters. The van der Waals surface area contributed by atoms with Crippen molar-refractivity contribution in [1.29, 1.82) is 0 Å². The van der Waals surface area contributed by atoms with E-state index >= 15 is 0 Å². The van der Waals surface area contributed by atoms with Crippen LogP contribution in [0.3, 0.4) is 0 Å². The first-order valence-corrected chi connectivity index (χ1v) is 6.98. The lowest BCUT2D eigenvalue weighted by Crippen LogP contribution is -2.56. The van der Waals surface area contributed by atoms with E-state index in [1.165, 1.54) is 0 Å². The van der Waals surface area contributed by atoms with Crippen molar-refractivity contribution in [3.63, 3.8) is 0 Å². The van der Waals surface area contributed by atoms with Crippen molar-refractivity contribution < 1.29 is 9.53 Å². The SMILES string of the molecule is CC.COCCNC(=O)C1CCCC(C)(C)N1C. The summed E-state index contributed by atoms with van der Waals surface area (Å²) in [7, 11) is 3.68. The third kappa shape index (κ3) is 4.94. The number of carbonyl (C=O) groups is 1. The monoisotopic (exact) mass is 258 g/mol. The zero-order valence-electron chi connectivity index (χ0n) is 12.9. The van der Waals surface area contributed by atoms with Crippen molar-refractivity contribution in [3.05, 3.63) is 0 Å². The van der Waals surface area contributed by atoms with Gasteiger partial charge in [0.1, 0.15) is 0 Å². The standard InChI is InChI=1S/C12H24N2O2.C2H6/c1-12(2)7-5-6-10(14(12)3)11(15)13-8-9-16-4;1-2/h10H,5-9H2,1-4H3,(H,13,15);1-2H3. The Hall–Kier alpha value is -0.610. The minimum Gasteiger partial charge on any atom is -0.383 e. The van der Waals surface area contributed by atoms with Crippen LogP contribution < -0.4 is 5.32 Å². The maximum atomic E-state index is 12.0. The van der Waals surface area contributed by atoms with Crippen molar-refractivity contribution in [1.82, 2.24) is 10.2 Å². The van der Waals surface area contributed by atoms with Gasteiger partial charge in [-0.15, -0.1) is 0 Å². The van der Waals surface area contributed by atoms with Gasteiger partial charge in [0.15, 0.2) is 0 Å². The topological polar surface area (TPSA) is 41.6 Å². The van der Waals surface area contributed by atoms with E-state index in [1.54, 1.807) is 7.11 Å². The molecule has 0 aromatic carbocycles. The molecule has 0 bridgehead atoms. The number of ether oxygens (including phenoxy) is 1. The van der Waals surface area contributed by atoms with Gasteiger partial charge in [0, 0.05) is 19.2 Å². The molecule has 0 saturated carbocycles. The van der Waals surface area contributed by atoms with Gasteiger partial charge in [-0.05, 0) is 40.2 Å². The van der Waals surface area contributed by atoms with E-state index in [9.17, 15) is 4.79 Å². The van der Waals surface area contributed by atoms with Gasteiger partial charge in [-0.3, -0.25) is 9.69 Å². The predicted octanol–water partition coefficient (Wildman–Crippen LogP) is 2.04. The first kappa shape index (κ1) is 17.4. The molecule has 1 fully saturated rings. The van der Waals surface area contributed by atoms with Gasteiger partial charge in [-0.2, -0.15) is 0 Å². The van der Waals surface area contributed by atoms with Gasteiger partial charge in [0.05, 0.1) is 12.6 Å². The highest BCUT2D eigenvalue weighted by atomic mass is 16.5. The lowest BCUT2D eigenvalue weighted by molar-refractivity contribution is -0.130.